The second kappa shape index (κ2) is 7.77. The van der Waals surface area contributed by atoms with Crippen molar-refractivity contribution >= 4 is 23.5 Å². The van der Waals surface area contributed by atoms with Crippen molar-refractivity contribution in [2.45, 2.75) is 25.8 Å². The molecule has 1 heterocycles. The lowest BCUT2D eigenvalue weighted by Crippen LogP contribution is -2.26. The molecule has 2 N–H and O–H groups in total. The van der Waals surface area contributed by atoms with E-state index >= 15 is 0 Å². The topological polar surface area (TPSA) is 97.4 Å². The number of ether oxygens (including phenoxy) is 1. The first kappa shape index (κ1) is 17.6. The highest BCUT2D eigenvalue weighted by Crippen LogP contribution is 2.19. The van der Waals surface area contributed by atoms with Crippen molar-refractivity contribution < 1.29 is 19.1 Å². The number of hydrogen-bond donors (Lipinski definition) is 2. The van der Waals surface area contributed by atoms with E-state index in [2.05, 4.69) is 15.6 Å². The summed E-state index contributed by atoms with van der Waals surface area (Å²) < 4.78 is 4.91. The van der Waals surface area contributed by atoms with Gasteiger partial charge in [-0.25, -0.2) is 4.79 Å². The number of rotatable bonds is 6. The zero-order valence-electron chi connectivity index (χ0n) is 14.3. The number of anilines is 1. The van der Waals surface area contributed by atoms with E-state index < -0.39 is 11.9 Å². The van der Waals surface area contributed by atoms with Crippen molar-refractivity contribution in [2.75, 3.05) is 11.9 Å². The number of pyridine rings is 1. The molecule has 3 rings (SSSR count). The van der Waals surface area contributed by atoms with E-state index in [0.717, 1.165) is 12.8 Å². The van der Waals surface area contributed by atoms with E-state index in [1.807, 2.05) is 0 Å². The zero-order valence-corrected chi connectivity index (χ0v) is 14.3. The Bertz CT molecular complexity index is 829. The maximum absolute atomic E-state index is 12.3. The number of esters is 1. The summed E-state index contributed by atoms with van der Waals surface area (Å²) in [6.45, 7) is 2.03. The van der Waals surface area contributed by atoms with Crippen LogP contribution < -0.4 is 10.6 Å². The lowest BCUT2D eigenvalue weighted by atomic mass is 10.2. The number of amides is 2. The minimum atomic E-state index is -0.435. The lowest BCUT2D eigenvalue weighted by Gasteiger charge is -2.08. The van der Waals surface area contributed by atoms with Gasteiger partial charge in [-0.1, -0.05) is 0 Å². The Morgan fingerprint density at radius 2 is 1.81 bits per heavy atom. The summed E-state index contributed by atoms with van der Waals surface area (Å²) in [5, 5.41) is 5.56. The van der Waals surface area contributed by atoms with Gasteiger partial charge in [0.1, 0.15) is 5.69 Å². The predicted molar refractivity (Wildman–Crippen MR) is 95.1 cm³/mol. The summed E-state index contributed by atoms with van der Waals surface area (Å²) in [7, 11) is 0. The third-order valence-electron chi connectivity index (χ3n) is 3.82. The van der Waals surface area contributed by atoms with Gasteiger partial charge in [0.25, 0.3) is 11.8 Å². The van der Waals surface area contributed by atoms with Gasteiger partial charge in [-0.2, -0.15) is 0 Å². The fourth-order valence-electron chi connectivity index (χ4n) is 2.29. The van der Waals surface area contributed by atoms with Gasteiger partial charge in [-0.15, -0.1) is 0 Å². The molecule has 0 saturated heterocycles. The second-order valence-corrected chi connectivity index (χ2v) is 5.93. The lowest BCUT2D eigenvalue weighted by molar-refractivity contribution is 0.0526. The number of carbonyl (C=O) groups is 3. The number of nitrogens with one attached hydrogen (secondary N) is 2. The normalized spacial score (nSPS) is 13.0. The average Bonchev–Trinajstić information content (AvgIpc) is 3.46. The predicted octanol–water partition coefficient (Wildman–Crippen LogP) is 2.40. The molecule has 1 fully saturated rings. The van der Waals surface area contributed by atoms with Crippen LogP contribution in [-0.4, -0.2) is 35.4 Å². The highest BCUT2D eigenvalue weighted by Gasteiger charge is 2.24. The second-order valence-electron chi connectivity index (χ2n) is 5.93. The smallest absolute Gasteiger partial charge is 0.338 e. The van der Waals surface area contributed by atoms with Gasteiger partial charge in [-0.3, -0.25) is 14.6 Å². The molecule has 7 nitrogen and oxygen atoms in total. The first-order valence-electron chi connectivity index (χ1n) is 8.42. The van der Waals surface area contributed by atoms with Gasteiger partial charge in [0.05, 0.1) is 12.2 Å². The molecule has 1 aromatic carbocycles. The molecular formula is C19H19N3O4. The van der Waals surface area contributed by atoms with E-state index in [4.69, 9.17) is 4.74 Å². The third-order valence-corrected chi connectivity index (χ3v) is 3.82. The van der Waals surface area contributed by atoms with E-state index in [9.17, 15) is 14.4 Å². The highest BCUT2D eigenvalue weighted by molar-refractivity contribution is 6.05. The van der Waals surface area contributed by atoms with Crippen molar-refractivity contribution in [3.05, 3.63) is 59.4 Å². The Morgan fingerprint density at radius 1 is 1.08 bits per heavy atom. The molecule has 2 amide bonds. The summed E-state index contributed by atoms with van der Waals surface area (Å²) in [5.74, 6) is -1.06. The van der Waals surface area contributed by atoms with Crippen LogP contribution in [0.25, 0.3) is 0 Å². The molecule has 26 heavy (non-hydrogen) atoms. The molecule has 0 atom stereocenters. The highest BCUT2D eigenvalue weighted by atomic mass is 16.5. The number of benzene rings is 1. The average molecular weight is 353 g/mol. The molecular weight excluding hydrogens is 334 g/mol. The number of nitrogens with zero attached hydrogens (tertiary/aromatic N) is 1. The van der Waals surface area contributed by atoms with Crippen molar-refractivity contribution in [3.63, 3.8) is 0 Å². The Balaban J connectivity index is 1.65. The van der Waals surface area contributed by atoms with Crippen LogP contribution in [0.5, 0.6) is 0 Å². The fourth-order valence-corrected chi connectivity index (χ4v) is 2.29. The zero-order chi connectivity index (χ0) is 18.5. The number of hydrogen-bond acceptors (Lipinski definition) is 5. The molecule has 7 heteroatoms. The quantitative estimate of drug-likeness (QED) is 0.777. The molecule has 1 aliphatic carbocycles. The van der Waals surface area contributed by atoms with Crippen LogP contribution in [-0.2, 0) is 4.74 Å². The summed E-state index contributed by atoms with van der Waals surface area (Å²) in [6, 6.07) is 9.62. The molecule has 1 saturated carbocycles. The van der Waals surface area contributed by atoms with Gasteiger partial charge >= 0.3 is 5.97 Å². The van der Waals surface area contributed by atoms with Gasteiger partial charge in [-0.05, 0) is 56.2 Å². The fraction of sp³-hybridized carbons (Fsp3) is 0.263. The standard InChI is InChI=1S/C19H19N3O4/c1-2-26-19(25)12-3-5-14(6-4-12)22-18(24)16-11-13(9-10-20-16)17(23)21-15-7-8-15/h3-6,9-11,15H,2,7-8H2,1H3,(H,21,23)(H,22,24). The SMILES string of the molecule is CCOC(=O)c1ccc(NC(=O)c2cc(C(=O)NC3CC3)ccn2)cc1. The van der Waals surface area contributed by atoms with Gasteiger partial charge < -0.3 is 15.4 Å². The van der Waals surface area contributed by atoms with Crippen LogP contribution in [0.2, 0.25) is 0 Å². The Kier molecular flexibility index (Phi) is 5.26. The number of aromatic nitrogens is 1. The molecule has 0 radical (unpaired) electrons. The molecule has 1 aromatic heterocycles. The van der Waals surface area contributed by atoms with Crippen molar-refractivity contribution in [1.29, 1.82) is 0 Å². The van der Waals surface area contributed by atoms with Crippen LogP contribution in [0.4, 0.5) is 5.69 Å². The van der Waals surface area contributed by atoms with E-state index in [0.29, 0.717) is 23.4 Å². The maximum atomic E-state index is 12.3. The van der Waals surface area contributed by atoms with E-state index in [1.54, 1.807) is 37.3 Å². The van der Waals surface area contributed by atoms with Crippen molar-refractivity contribution in [1.82, 2.24) is 10.3 Å². The summed E-state index contributed by atoms with van der Waals surface area (Å²) in [4.78, 5) is 40.1. The Hall–Kier alpha value is -3.22. The molecule has 0 unspecified atom stereocenters. The first-order valence-corrected chi connectivity index (χ1v) is 8.42. The Morgan fingerprint density at radius 3 is 2.46 bits per heavy atom. The summed E-state index contributed by atoms with van der Waals surface area (Å²) in [5.41, 5.74) is 1.46. The molecule has 1 aliphatic rings. The summed E-state index contributed by atoms with van der Waals surface area (Å²) >= 11 is 0. The number of carbonyl (C=O) groups excluding carboxylic acids is 3. The van der Waals surface area contributed by atoms with Gasteiger partial charge in [0.2, 0.25) is 0 Å². The van der Waals surface area contributed by atoms with Crippen LogP contribution in [0.15, 0.2) is 42.6 Å². The molecule has 134 valence electrons. The van der Waals surface area contributed by atoms with Crippen LogP contribution in [0, 0.1) is 0 Å². The molecule has 0 bridgehead atoms. The largest absolute Gasteiger partial charge is 0.462 e. The van der Waals surface area contributed by atoms with Crippen LogP contribution >= 0.6 is 0 Å². The van der Waals surface area contributed by atoms with Crippen LogP contribution in [0.3, 0.4) is 0 Å². The van der Waals surface area contributed by atoms with Crippen molar-refractivity contribution in [2.24, 2.45) is 0 Å². The monoisotopic (exact) mass is 353 g/mol. The minimum Gasteiger partial charge on any atom is -0.462 e. The molecule has 0 spiro atoms. The molecule has 0 aliphatic heterocycles. The minimum absolute atomic E-state index is 0.142. The van der Waals surface area contributed by atoms with Gasteiger partial charge in [0.15, 0.2) is 0 Å². The van der Waals surface area contributed by atoms with E-state index in [-0.39, 0.29) is 17.6 Å². The maximum Gasteiger partial charge on any atom is 0.338 e. The van der Waals surface area contributed by atoms with Gasteiger partial charge in [0, 0.05) is 23.5 Å². The van der Waals surface area contributed by atoms with Crippen molar-refractivity contribution in [3.8, 4) is 0 Å². The Labute approximate surface area is 150 Å². The van der Waals surface area contributed by atoms with E-state index in [1.165, 1.54) is 12.3 Å². The summed E-state index contributed by atoms with van der Waals surface area (Å²) in [6.07, 6.45) is 3.42. The third kappa shape index (κ3) is 4.44. The molecule has 2 aromatic rings. The van der Waals surface area contributed by atoms with Crippen LogP contribution in [0.1, 0.15) is 51.0 Å². The first-order chi connectivity index (χ1) is 12.6.